The Morgan fingerprint density at radius 1 is 1.38 bits per heavy atom. The minimum absolute atomic E-state index is 0.00379. The molecule has 0 N–H and O–H groups in total. The van der Waals surface area contributed by atoms with Crippen LogP contribution in [0.4, 0.5) is 0 Å². The van der Waals surface area contributed by atoms with E-state index in [0.717, 1.165) is 18.7 Å². The molecule has 5 heteroatoms. The van der Waals surface area contributed by atoms with E-state index in [1.165, 1.54) is 0 Å². The minimum Gasteiger partial charge on any atom is -0.359 e. The first-order valence-corrected chi connectivity index (χ1v) is 5.38. The molecule has 0 radical (unpaired) electrons. The molecular weight excluding hydrogens is 206 g/mol. The molecule has 0 aliphatic carbocycles. The molecule has 2 heterocycles. The lowest BCUT2D eigenvalue weighted by molar-refractivity contribution is 0.371. The summed E-state index contributed by atoms with van der Waals surface area (Å²) in [5.74, 6) is 0.703. The summed E-state index contributed by atoms with van der Waals surface area (Å²) in [5, 5.41) is 3.79. The van der Waals surface area contributed by atoms with Crippen molar-refractivity contribution in [3.8, 4) is 0 Å². The first-order valence-electron chi connectivity index (χ1n) is 5.38. The Hall–Kier alpha value is -1.78. The van der Waals surface area contributed by atoms with Crippen molar-refractivity contribution in [3.05, 3.63) is 40.4 Å². The van der Waals surface area contributed by atoms with Crippen molar-refractivity contribution in [2.45, 2.75) is 33.4 Å². The Bertz CT molecular complexity index is 521. The highest BCUT2D eigenvalue weighted by atomic mass is 16.5. The fourth-order valence-electron chi connectivity index (χ4n) is 1.64. The summed E-state index contributed by atoms with van der Waals surface area (Å²) >= 11 is 0. The van der Waals surface area contributed by atoms with E-state index < -0.39 is 0 Å². The molecule has 2 rings (SSSR count). The summed E-state index contributed by atoms with van der Waals surface area (Å²) in [7, 11) is 0. The Labute approximate surface area is 93.3 Å². The van der Waals surface area contributed by atoms with Crippen molar-refractivity contribution in [1.29, 1.82) is 0 Å². The fraction of sp³-hybridized carbons (Fsp3) is 0.455. The highest BCUT2D eigenvalue weighted by Crippen LogP contribution is 2.03. The molecule has 0 fully saturated rings. The normalized spacial score (nSPS) is 10.9. The molecule has 2 aromatic heterocycles. The number of nitrogens with zero attached hydrogens (tertiary/aromatic N) is 3. The lowest BCUT2D eigenvalue weighted by Crippen LogP contribution is -2.24. The summed E-state index contributed by atoms with van der Waals surface area (Å²) in [6.45, 7) is 5.10. The molecule has 0 amide bonds. The number of hydrogen-bond acceptors (Lipinski definition) is 3. The second-order valence-corrected chi connectivity index (χ2v) is 3.84. The van der Waals surface area contributed by atoms with Gasteiger partial charge in [-0.25, -0.2) is 4.79 Å². The molecule has 86 valence electrons. The van der Waals surface area contributed by atoms with Gasteiger partial charge in [-0.1, -0.05) is 12.1 Å². The van der Waals surface area contributed by atoms with Gasteiger partial charge in [0, 0.05) is 25.0 Å². The maximum Gasteiger partial charge on any atom is 0.328 e. The first-order chi connectivity index (χ1) is 7.70. The third-order valence-electron chi connectivity index (χ3n) is 2.39. The van der Waals surface area contributed by atoms with Gasteiger partial charge in [0.15, 0.2) is 5.76 Å². The average molecular weight is 221 g/mol. The lowest BCUT2D eigenvalue weighted by atomic mass is 10.4. The highest BCUT2D eigenvalue weighted by Gasteiger charge is 2.06. The molecule has 0 spiro atoms. The predicted octanol–water partition coefficient (Wildman–Crippen LogP) is 1.40. The quantitative estimate of drug-likeness (QED) is 0.784. The zero-order chi connectivity index (χ0) is 11.5. The molecule has 5 nitrogen and oxygen atoms in total. The topological polar surface area (TPSA) is 53.0 Å². The Balaban J connectivity index is 2.19. The van der Waals surface area contributed by atoms with Crippen molar-refractivity contribution >= 4 is 0 Å². The van der Waals surface area contributed by atoms with E-state index in [0.29, 0.717) is 12.3 Å². The van der Waals surface area contributed by atoms with E-state index >= 15 is 0 Å². The Morgan fingerprint density at radius 3 is 2.75 bits per heavy atom. The zero-order valence-electron chi connectivity index (χ0n) is 9.51. The van der Waals surface area contributed by atoms with Crippen molar-refractivity contribution < 1.29 is 4.52 Å². The van der Waals surface area contributed by atoms with Gasteiger partial charge in [-0.2, -0.15) is 0 Å². The second-order valence-electron chi connectivity index (χ2n) is 3.84. The van der Waals surface area contributed by atoms with E-state index in [9.17, 15) is 4.79 Å². The Morgan fingerprint density at radius 2 is 2.12 bits per heavy atom. The second kappa shape index (κ2) is 4.38. The highest BCUT2D eigenvalue weighted by molar-refractivity contribution is 5.03. The van der Waals surface area contributed by atoms with Crippen molar-refractivity contribution in [3.63, 3.8) is 0 Å². The molecule has 0 aliphatic rings. The van der Waals surface area contributed by atoms with Crippen LogP contribution in [0.5, 0.6) is 0 Å². The largest absolute Gasteiger partial charge is 0.359 e. The molecular formula is C11H15N3O2. The van der Waals surface area contributed by atoms with Gasteiger partial charge in [0.2, 0.25) is 0 Å². The van der Waals surface area contributed by atoms with Crippen LogP contribution < -0.4 is 5.69 Å². The SMILES string of the molecule is CCCn1ccn(Cc2cc(C)no2)c1=O. The first kappa shape index (κ1) is 10.7. The third kappa shape index (κ3) is 2.08. The van der Waals surface area contributed by atoms with E-state index in [1.54, 1.807) is 21.5 Å². The van der Waals surface area contributed by atoms with Gasteiger partial charge in [0.1, 0.15) is 0 Å². The van der Waals surface area contributed by atoms with E-state index in [2.05, 4.69) is 5.16 Å². The summed E-state index contributed by atoms with van der Waals surface area (Å²) in [4.78, 5) is 11.8. The average Bonchev–Trinajstić information content (AvgIpc) is 2.80. The van der Waals surface area contributed by atoms with Crippen LogP contribution in [0.1, 0.15) is 24.8 Å². The fourth-order valence-corrected chi connectivity index (χ4v) is 1.64. The number of aryl methyl sites for hydroxylation is 2. The van der Waals surface area contributed by atoms with Gasteiger partial charge in [-0.05, 0) is 13.3 Å². The van der Waals surface area contributed by atoms with Crippen molar-refractivity contribution in [2.75, 3.05) is 0 Å². The third-order valence-corrected chi connectivity index (χ3v) is 2.39. The van der Waals surface area contributed by atoms with Gasteiger partial charge in [0.25, 0.3) is 0 Å². The standard InChI is InChI=1S/C11H15N3O2/c1-3-4-13-5-6-14(11(13)15)8-10-7-9(2)12-16-10/h5-7H,3-4,8H2,1-2H3. The number of rotatable bonds is 4. The molecule has 0 bridgehead atoms. The number of imidazole rings is 1. The molecule has 0 saturated heterocycles. The molecule has 0 aromatic carbocycles. The number of aromatic nitrogens is 3. The van der Waals surface area contributed by atoms with Crippen LogP contribution in [0.15, 0.2) is 27.8 Å². The van der Waals surface area contributed by atoms with Crippen LogP contribution in [0, 0.1) is 6.92 Å². The van der Waals surface area contributed by atoms with Gasteiger partial charge in [-0.15, -0.1) is 0 Å². The molecule has 0 saturated carbocycles. The monoisotopic (exact) mass is 221 g/mol. The summed E-state index contributed by atoms with van der Waals surface area (Å²) in [5.41, 5.74) is 0.826. The van der Waals surface area contributed by atoms with Gasteiger partial charge < -0.3 is 4.52 Å². The molecule has 0 aliphatic heterocycles. The number of hydrogen-bond donors (Lipinski definition) is 0. The van der Waals surface area contributed by atoms with Gasteiger partial charge in [-0.3, -0.25) is 9.13 Å². The molecule has 0 atom stereocenters. The van der Waals surface area contributed by atoms with Crippen molar-refractivity contribution in [2.24, 2.45) is 0 Å². The molecule has 16 heavy (non-hydrogen) atoms. The van der Waals surface area contributed by atoms with Crippen LogP contribution in [0.25, 0.3) is 0 Å². The zero-order valence-corrected chi connectivity index (χ0v) is 9.51. The summed E-state index contributed by atoms with van der Waals surface area (Å²) in [6, 6.07) is 1.84. The van der Waals surface area contributed by atoms with E-state index in [1.807, 2.05) is 19.9 Å². The minimum atomic E-state index is -0.00379. The van der Waals surface area contributed by atoms with Crippen LogP contribution in [-0.2, 0) is 13.1 Å². The molecule has 2 aromatic rings. The van der Waals surface area contributed by atoms with Crippen LogP contribution in [0.2, 0.25) is 0 Å². The van der Waals surface area contributed by atoms with Crippen LogP contribution in [0.3, 0.4) is 0 Å². The predicted molar refractivity (Wildman–Crippen MR) is 59.3 cm³/mol. The lowest BCUT2D eigenvalue weighted by Gasteiger charge is -1.97. The maximum atomic E-state index is 11.8. The van der Waals surface area contributed by atoms with Crippen LogP contribution >= 0.6 is 0 Å². The summed E-state index contributed by atoms with van der Waals surface area (Å²) in [6.07, 6.45) is 4.52. The van der Waals surface area contributed by atoms with E-state index in [-0.39, 0.29) is 5.69 Å². The van der Waals surface area contributed by atoms with Gasteiger partial charge in [0.05, 0.1) is 12.2 Å². The van der Waals surface area contributed by atoms with Crippen LogP contribution in [-0.4, -0.2) is 14.3 Å². The van der Waals surface area contributed by atoms with Gasteiger partial charge >= 0.3 is 5.69 Å². The Kier molecular flexibility index (Phi) is 2.94. The summed E-state index contributed by atoms with van der Waals surface area (Å²) < 4.78 is 8.39. The maximum absolute atomic E-state index is 11.8. The van der Waals surface area contributed by atoms with E-state index in [4.69, 9.17) is 4.52 Å². The smallest absolute Gasteiger partial charge is 0.328 e. The molecule has 0 unspecified atom stereocenters. The van der Waals surface area contributed by atoms with Crippen molar-refractivity contribution in [1.82, 2.24) is 14.3 Å².